The summed E-state index contributed by atoms with van der Waals surface area (Å²) < 4.78 is 80.5. The number of amides is 1. The minimum absolute atomic E-state index is 0. The lowest BCUT2D eigenvalue weighted by Crippen LogP contribution is -2.43. The standard InChI is InChI=1S/C19H19F6N3O.ClH/c1-10-8-27(9-13-2-3-17(28(10)13)19(23,24)25)18(29)6-12(26)4-11-5-15(21)16(22)7-14(11)20;/h2-3,5,7,10,12H,4,6,8-9,26H2,1H3;1H/t10-,12+;/m0./s1. The van der Waals surface area contributed by atoms with E-state index in [4.69, 9.17) is 5.73 Å². The molecule has 4 nitrogen and oxygen atoms in total. The highest BCUT2D eigenvalue weighted by Gasteiger charge is 2.38. The van der Waals surface area contributed by atoms with Crippen LogP contribution >= 0.6 is 12.4 Å². The highest BCUT2D eigenvalue weighted by molar-refractivity contribution is 5.85. The van der Waals surface area contributed by atoms with Gasteiger partial charge in [-0.3, -0.25) is 4.79 Å². The normalized spacial score (nSPS) is 17.3. The quantitative estimate of drug-likeness (QED) is 0.554. The second-order valence-corrected chi connectivity index (χ2v) is 7.23. The van der Waals surface area contributed by atoms with Gasteiger partial charge in [0, 0.05) is 36.8 Å². The van der Waals surface area contributed by atoms with Crippen LogP contribution in [0.2, 0.25) is 0 Å². The van der Waals surface area contributed by atoms with Gasteiger partial charge in [0.25, 0.3) is 0 Å². The van der Waals surface area contributed by atoms with Crippen molar-refractivity contribution in [2.24, 2.45) is 5.73 Å². The van der Waals surface area contributed by atoms with E-state index in [1.165, 1.54) is 15.5 Å². The van der Waals surface area contributed by atoms with E-state index in [-0.39, 0.29) is 43.9 Å². The fraction of sp³-hybridized carbons (Fsp3) is 0.421. The van der Waals surface area contributed by atoms with Gasteiger partial charge in [0.15, 0.2) is 11.6 Å². The molecule has 0 radical (unpaired) electrons. The van der Waals surface area contributed by atoms with Crippen LogP contribution in [0.25, 0.3) is 0 Å². The number of carbonyl (C=O) groups excluding carboxylic acids is 1. The first-order chi connectivity index (χ1) is 13.5. The fourth-order valence-electron chi connectivity index (χ4n) is 3.65. The molecule has 2 N–H and O–H groups in total. The first-order valence-electron chi connectivity index (χ1n) is 8.91. The van der Waals surface area contributed by atoms with Crippen LogP contribution in [0.1, 0.15) is 36.3 Å². The van der Waals surface area contributed by atoms with Gasteiger partial charge in [-0.1, -0.05) is 0 Å². The molecular weight excluding hydrogens is 436 g/mol. The highest BCUT2D eigenvalue weighted by Crippen LogP contribution is 2.35. The molecule has 0 fully saturated rings. The predicted octanol–water partition coefficient (Wildman–Crippen LogP) is 4.21. The molecule has 11 heteroatoms. The van der Waals surface area contributed by atoms with E-state index in [1.54, 1.807) is 6.92 Å². The molecule has 1 amide bonds. The van der Waals surface area contributed by atoms with Crippen molar-refractivity contribution in [2.45, 2.75) is 44.6 Å². The highest BCUT2D eigenvalue weighted by atomic mass is 35.5. The van der Waals surface area contributed by atoms with E-state index >= 15 is 0 Å². The number of alkyl halides is 3. The molecule has 0 bridgehead atoms. The minimum atomic E-state index is -4.49. The molecule has 2 atom stereocenters. The van der Waals surface area contributed by atoms with Gasteiger partial charge >= 0.3 is 6.18 Å². The van der Waals surface area contributed by atoms with E-state index in [0.717, 1.165) is 6.07 Å². The number of halogens is 7. The molecule has 0 saturated heterocycles. The van der Waals surface area contributed by atoms with Gasteiger partial charge in [0.1, 0.15) is 11.5 Å². The molecule has 3 rings (SSSR count). The summed E-state index contributed by atoms with van der Waals surface area (Å²) >= 11 is 0. The number of carbonyl (C=O) groups is 1. The van der Waals surface area contributed by atoms with E-state index in [1.807, 2.05) is 0 Å². The van der Waals surface area contributed by atoms with Gasteiger partial charge in [-0.2, -0.15) is 13.2 Å². The Morgan fingerprint density at radius 2 is 1.80 bits per heavy atom. The summed E-state index contributed by atoms with van der Waals surface area (Å²) in [4.78, 5) is 13.9. The van der Waals surface area contributed by atoms with Crippen molar-refractivity contribution in [3.63, 3.8) is 0 Å². The molecule has 2 aromatic rings. The molecule has 0 aliphatic carbocycles. The molecule has 0 unspecified atom stereocenters. The largest absolute Gasteiger partial charge is 0.431 e. The lowest BCUT2D eigenvalue weighted by Gasteiger charge is -2.35. The summed E-state index contributed by atoms with van der Waals surface area (Å²) in [5, 5.41) is 0. The van der Waals surface area contributed by atoms with E-state index in [9.17, 15) is 31.1 Å². The molecule has 0 saturated carbocycles. The van der Waals surface area contributed by atoms with Crippen molar-refractivity contribution < 1.29 is 31.1 Å². The Kier molecular flexibility index (Phi) is 7.13. The maximum absolute atomic E-state index is 13.7. The fourth-order valence-corrected chi connectivity index (χ4v) is 3.65. The van der Waals surface area contributed by atoms with Crippen LogP contribution in [-0.2, 0) is 23.9 Å². The molecule has 0 spiro atoms. The summed E-state index contributed by atoms with van der Waals surface area (Å²) in [6.45, 7) is 1.64. The van der Waals surface area contributed by atoms with Crippen molar-refractivity contribution >= 4 is 18.3 Å². The Hall–Kier alpha value is -2.20. The first kappa shape index (κ1) is 24.1. The van der Waals surface area contributed by atoms with Gasteiger partial charge in [0.05, 0.1) is 6.54 Å². The third kappa shape index (κ3) is 4.92. The lowest BCUT2D eigenvalue weighted by molar-refractivity contribution is -0.145. The van der Waals surface area contributed by atoms with Gasteiger partial charge < -0.3 is 15.2 Å². The first-order valence-corrected chi connectivity index (χ1v) is 8.91. The molecule has 2 heterocycles. The van der Waals surface area contributed by atoms with Crippen LogP contribution in [0.3, 0.4) is 0 Å². The summed E-state index contributed by atoms with van der Waals surface area (Å²) in [7, 11) is 0. The van der Waals surface area contributed by atoms with Crippen LogP contribution in [0.4, 0.5) is 26.3 Å². The number of nitrogens with two attached hydrogens (primary N) is 1. The van der Waals surface area contributed by atoms with Crippen molar-refractivity contribution in [1.82, 2.24) is 9.47 Å². The Balaban J connectivity index is 0.00000320. The minimum Gasteiger partial charge on any atom is -0.335 e. The summed E-state index contributed by atoms with van der Waals surface area (Å²) in [5.74, 6) is -3.91. The number of fused-ring (bicyclic) bond motifs is 1. The van der Waals surface area contributed by atoms with Gasteiger partial charge in [-0.05, 0) is 37.1 Å². The average molecular weight is 456 g/mol. The Morgan fingerprint density at radius 3 is 2.43 bits per heavy atom. The summed E-state index contributed by atoms with van der Waals surface area (Å²) in [5.41, 5.74) is 5.31. The molecule has 30 heavy (non-hydrogen) atoms. The number of aromatic nitrogens is 1. The zero-order valence-corrected chi connectivity index (χ0v) is 16.7. The number of rotatable bonds is 4. The Labute approximate surface area is 175 Å². The van der Waals surface area contributed by atoms with Crippen molar-refractivity contribution in [2.75, 3.05) is 6.54 Å². The smallest absolute Gasteiger partial charge is 0.335 e. The molecule has 1 aliphatic rings. The van der Waals surface area contributed by atoms with E-state index < -0.39 is 47.3 Å². The molecular formula is C19H20ClF6N3O. The SMILES string of the molecule is C[C@H]1CN(C(=O)C[C@H](N)Cc2cc(F)c(F)cc2F)Cc2ccc(C(F)(F)F)n21.Cl. The van der Waals surface area contributed by atoms with Crippen LogP contribution in [0, 0.1) is 17.5 Å². The summed E-state index contributed by atoms with van der Waals surface area (Å²) in [6, 6.07) is 1.97. The zero-order valence-electron chi connectivity index (χ0n) is 15.8. The van der Waals surface area contributed by atoms with Gasteiger partial charge in [-0.25, -0.2) is 13.2 Å². The second-order valence-electron chi connectivity index (χ2n) is 7.23. The topological polar surface area (TPSA) is 51.3 Å². The van der Waals surface area contributed by atoms with Crippen LogP contribution in [0.5, 0.6) is 0 Å². The Morgan fingerprint density at radius 1 is 1.17 bits per heavy atom. The second kappa shape index (κ2) is 8.89. The van der Waals surface area contributed by atoms with Crippen LogP contribution in [-0.4, -0.2) is 28.0 Å². The van der Waals surface area contributed by atoms with Crippen LogP contribution in [0.15, 0.2) is 24.3 Å². The van der Waals surface area contributed by atoms with Crippen molar-refractivity contribution in [3.8, 4) is 0 Å². The number of nitrogens with zero attached hydrogens (tertiary/aromatic N) is 2. The maximum Gasteiger partial charge on any atom is 0.431 e. The van der Waals surface area contributed by atoms with Crippen LogP contribution < -0.4 is 5.73 Å². The van der Waals surface area contributed by atoms with E-state index in [0.29, 0.717) is 17.8 Å². The third-order valence-electron chi connectivity index (χ3n) is 4.93. The van der Waals surface area contributed by atoms with Crippen molar-refractivity contribution in [3.05, 3.63) is 58.7 Å². The summed E-state index contributed by atoms with van der Waals surface area (Å²) in [6.07, 6.45) is -4.89. The number of hydrogen-bond acceptors (Lipinski definition) is 2. The molecule has 1 aromatic heterocycles. The van der Waals surface area contributed by atoms with Gasteiger partial charge in [0.2, 0.25) is 5.91 Å². The Bertz CT molecular complexity index is 930. The molecule has 1 aliphatic heterocycles. The number of hydrogen-bond donors (Lipinski definition) is 1. The molecule has 1 aromatic carbocycles. The van der Waals surface area contributed by atoms with Gasteiger partial charge in [-0.15, -0.1) is 12.4 Å². The average Bonchev–Trinajstić information content (AvgIpc) is 3.04. The maximum atomic E-state index is 13.7. The monoisotopic (exact) mass is 455 g/mol. The zero-order chi connectivity index (χ0) is 21.5. The number of benzene rings is 1. The predicted molar refractivity (Wildman–Crippen MR) is 99.4 cm³/mol. The van der Waals surface area contributed by atoms with E-state index in [2.05, 4.69) is 0 Å². The third-order valence-corrected chi connectivity index (χ3v) is 4.93. The molecule has 166 valence electrons. The lowest BCUT2D eigenvalue weighted by atomic mass is 10.0. The van der Waals surface area contributed by atoms with Crippen molar-refractivity contribution in [1.29, 1.82) is 0 Å².